The van der Waals surface area contributed by atoms with E-state index in [1.165, 1.54) is 0 Å². The molecule has 1 aliphatic heterocycles. The first kappa shape index (κ1) is 17.7. The van der Waals surface area contributed by atoms with Crippen LogP contribution in [0, 0.1) is 0 Å². The molecule has 1 saturated heterocycles. The predicted octanol–water partition coefficient (Wildman–Crippen LogP) is 4.33. The van der Waals surface area contributed by atoms with Gasteiger partial charge in [-0.15, -0.1) is 0 Å². The monoisotopic (exact) mass is 381 g/mol. The lowest BCUT2D eigenvalue weighted by atomic mass is 9.97. The van der Waals surface area contributed by atoms with Crippen LogP contribution in [0.25, 0.3) is 0 Å². The molecule has 1 aromatic carbocycles. The molecule has 0 N–H and O–H groups in total. The molecule has 2 aromatic heterocycles. The van der Waals surface area contributed by atoms with Crippen LogP contribution in [-0.4, -0.2) is 33.9 Å². The number of benzene rings is 1. The average molecular weight is 382 g/mol. The largest absolute Gasteiger partial charge is 0.445 e. The van der Waals surface area contributed by atoms with Crippen molar-refractivity contribution in [3.63, 3.8) is 0 Å². The van der Waals surface area contributed by atoms with Crippen molar-refractivity contribution in [2.45, 2.75) is 25.2 Å². The zero-order chi connectivity index (χ0) is 18.6. The highest BCUT2D eigenvalue weighted by molar-refractivity contribution is 6.30. The fourth-order valence-corrected chi connectivity index (χ4v) is 3.54. The lowest BCUT2D eigenvalue weighted by Gasteiger charge is -2.31. The Hall–Kier alpha value is -2.66. The smallest absolute Gasteiger partial charge is 0.272 e. The molecule has 138 valence electrons. The number of hydrogen-bond donors (Lipinski definition) is 0. The molecule has 0 bridgehead atoms. The molecule has 0 spiro atoms. The number of rotatable bonds is 4. The van der Waals surface area contributed by atoms with Gasteiger partial charge in [0.1, 0.15) is 11.5 Å². The highest BCUT2D eigenvalue weighted by Crippen LogP contribution is 2.28. The maximum absolute atomic E-state index is 12.7. The molecule has 3 aromatic rings. The Balaban J connectivity index is 1.43. The number of oxazole rings is 1. The van der Waals surface area contributed by atoms with Gasteiger partial charge in [-0.1, -0.05) is 29.8 Å². The first-order valence-corrected chi connectivity index (χ1v) is 9.46. The standard InChI is InChI=1S/C21H20ClN3O2/c22-17-8-6-15(7-9-17)12-18-13-24-20(27-18)16-4-3-11-25(14-16)21(26)19-5-1-2-10-23-19/h1-2,5-10,13,16H,3-4,11-12,14H2/t16-/m1/s1. The topological polar surface area (TPSA) is 59.2 Å². The molecule has 4 rings (SSSR count). The SMILES string of the molecule is O=C(c1ccccn1)N1CCC[C@@H](c2ncc(Cc3ccc(Cl)cc3)o2)C1. The van der Waals surface area contributed by atoms with Crippen molar-refractivity contribution in [2.24, 2.45) is 0 Å². The van der Waals surface area contributed by atoms with Crippen LogP contribution in [-0.2, 0) is 6.42 Å². The van der Waals surface area contributed by atoms with Crippen molar-refractivity contribution in [3.8, 4) is 0 Å². The van der Waals surface area contributed by atoms with E-state index < -0.39 is 0 Å². The Morgan fingerprint density at radius 2 is 2.04 bits per heavy atom. The highest BCUT2D eigenvalue weighted by Gasteiger charge is 2.28. The Morgan fingerprint density at radius 1 is 1.19 bits per heavy atom. The number of hydrogen-bond acceptors (Lipinski definition) is 4. The first-order valence-electron chi connectivity index (χ1n) is 9.08. The van der Waals surface area contributed by atoms with Gasteiger partial charge in [0.15, 0.2) is 5.89 Å². The summed E-state index contributed by atoms with van der Waals surface area (Å²) < 4.78 is 5.99. The molecule has 0 saturated carbocycles. The molecule has 0 aliphatic carbocycles. The molecule has 1 atom stereocenters. The maximum atomic E-state index is 12.7. The molecule has 27 heavy (non-hydrogen) atoms. The Labute approximate surface area is 163 Å². The van der Waals surface area contributed by atoms with E-state index in [-0.39, 0.29) is 11.8 Å². The van der Waals surface area contributed by atoms with Crippen LogP contribution in [0.15, 0.2) is 59.3 Å². The van der Waals surface area contributed by atoms with Gasteiger partial charge in [0.2, 0.25) is 0 Å². The number of likely N-dealkylation sites (tertiary alicyclic amines) is 1. The van der Waals surface area contributed by atoms with Gasteiger partial charge >= 0.3 is 0 Å². The second-order valence-electron chi connectivity index (χ2n) is 6.77. The lowest BCUT2D eigenvalue weighted by molar-refractivity contribution is 0.0692. The third-order valence-electron chi connectivity index (χ3n) is 4.80. The van der Waals surface area contributed by atoms with Gasteiger partial charge < -0.3 is 9.32 Å². The fraction of sp³-hybridized carbons (Fsp3) is 0.286. The summed E-state index contributed by atoms with van der Waals surface area (Å²) >= 11 is 5.93. The number of nitrogens with zero attached hydrogens (tertiary/aromatic N) is 3. The summed E-state index contributed by atoms with van der Waals surface area (Å²) in [5.74, 6) is 1.61. The number of pyridine rings is 1. The molecule has 1 aliphatic rings. The average Bonchev–Trinajstić information content (AvgIpc) is 3.18. The second kappa shape index (κ2) is 7.92. The minimum Gasteiger partial charge on any atom is -0.445 e. The van der Waals surface area contributed by atoms with E-state index in [4.69, 9.17) is 16.0 Å². The molecule has 6 heteroatoms. The van der Waals surface area contributed by atoms with Gasteiger partial charge in [0, 0.05) is 30.7 Å². The van der Waals surface area contributed by atoms with Crippen molar-refractivity contribution in [1.82, 2.24) is 14.9 Å². The van der Waals surface area contributed by atoms with Crippen molar-refractivity contribution < 1.29 is 9.21 Å². The zero-order valence-electron chi connectivity index (χ0n) is 14.8. The second-order valence-corrected chi connectivity index (χ2v) is 7.21. The Kier molecular flexibility index (Phi) is 5.21. The van der Waals surface area contributed by atoms with Gasteiger partial charge in [0.05, 0.1) is 12.1 Å². The molecule has 0 radical (unpaired) electrons. The summed E-state index contributed by atoms with van der Waals surface area (Å²) in [5, 5.41) is 0.719. The van der Waals surface area contributed by atoms with Crippen molar-refractivity contribution in [1.29, 1.82) is 0 Å². The lowest BCUT2D eigenvalue weighted by Crippen LogP contribution is -2.39. The third kappa shape index (κ3) is 4.19. The van der Waals surface area contributed by atoms with Crippen molar-refractivity contribution in [3.05, 3.63) is 82.8 Å². The summed E-state index contributed by atoms with van der Waals surface area (Å²) in [5.41, 5.74) is 1.60. The molecule has 5 nitrogen and oxygen atoms in total. The van der Waals surface area contributed by atoms with E-state index in [0.717, 1.165) is 35.7 Å². The van der Waals surface area contributed by atoms with E-state index in [9.17, 15) is 4.79 Å². The van der Waals surface area contributed by atoms with Crippen molar-refractivity contribution >= 4 is 17.5 Å². The van der Waals surface area contributed by atoms with Crippen LogP contribution >= 0.6 is 11.6 Å². The Morgan fingerprint density at radius 3 is 2.81 bits per heavy atom. The van der Waals surface area contributed by atoms with Gasteiger partial charge in [-0.05, 0) is 42.7 Å². The van der Waals surface area contributed by atoms with Crippen LogP contribution in [0.2, 0.25) is 5.02 Å². The van der Waals surface area contributed by atoms with Gasteiger partial charge in [-0.25, -0.2) is 4.98 Å². The number of carbonyl (C=O) groups is 1. The van der Waals surface area contributed by atoms with E-state index in [1.54, 1.807) is 18.5 Å². The van der Waals surface area contributed by atoms with Crippen LogP contribution in [0.1, 0.15) is 46.5 Å². The van der Waals surface area contributed by atoms with Crippen LogP contribution < -0.4 is 0 Å². The number of carbonyl (C=O) groups excluding carboxylic acids is 1. The van der Waals surface area contributed by atoms with Gasteiger partial charge in [-0.2, -0.15) is 0 Å². The minimum atomic E-state index is -0.0340. The highest BCUT2D eigenvalue weighted by atomic mass is 35.5. The maximum Gasteiger partial charge on any atom is 0.272 e. The molecule has 3 heterocycles. The van der Waals surface area contributed by atoms with Crippen molar-refractivity contribution in [2.75, 3.05) is 13.1 Å². The predicted molar refractivity (Wildman–Crippen MR) is 103 cm³/mol. The fourth-order valence-electron chi connectivity index (χ4n) is 3.41. The van der Waals surface area contributed by atoms with E-state index in [1.807, 2.05) is 41.3 Å². The molecular weight excluding hydrogens is 362 g/mol. The molecule has 0 unspecified atom stereocenters. The van der Waals surface area contributed by atoms with E-state index in [2.05, 4.69) is 9.97 Å². The number of halogens is 1. The molecule has 1 fully saturated rings. The zero-order valence-corrected chi connectivity index (χ0v) is 15.6. The molecular formula is C21H20ClN3O2. The minimum absolute atomic E-state index is 0.0340. The van der Waals surface area contributed by atoms with E-state index >= 15 is 0 Å². The molecule has 1 amide bonds. The number of amides is 1. The summed E-state index contributed by atoms with van der Waals surface area (Å²) in [6.45, 7) is 1.35. The first-order chi connectivity index (χ1) is 13.2. The Bertz CT molecular complexity index is 909. The summed E-state index contributed by atoms with van der Waals surface area (Å²) in [6.07, 6.45) is 5.99. The summed E-state index contributed by atoms with van der Waals surface area (Å²) in [7, 11) is 0. The van der Waals surface area contributed by atoms with Crippen LogP contribution in [0.3, 0.4) is 0 Å². The quantitative estimate of drug-likeness (QED) is 0.674. The third-order valence-corrected chi connectivity index (χ3v) is 5.06. The van der Waals surface area contributed by atoms with Crippen LogP contribution in [0.5, 0.6) is 0 Å². The van der Waals surface area contributed by atoms with E-state index in [0.29, 0.717) is 24.6 Å². The van der Waals surface area contributed by atoms with Gasteiger partial charge in [-0.3, -0.25) is 9.78 Å². The summed E-state index contributed by atoms with van der Waals surface area (Å²) in [6, 6.07) is 13.1. The van der Waals surface area contributed by atoms with Crippen LogP contribution in [0.4, 0.5) is 0 Å². The number of piperidine rings is 1. The number of aromatic nitrogens is 2. The normalized spacial score (nSPS) is 17.1. The summed E-state index contributed by atoms with van der Waals surface area (Å²) in [4.78, 5) is 23.1. The van der Waals surface area contributed by atoms with Gasteiger partial charge in [0.25, 0.3) is 5.91 Å².